The standard InChI is InChI=1S/C33H57N3O4/c1-10-12-14-15-17-21-36(31(38)28(22-24(3)4)35-32(39)40-33(7,8)9)29(30(37)34-20-16-13-11-2)27-23-25(5)18-19-26(27)6/h18-19,23-24,28-29H,10-17,20-22H2,1-9H3,(H,34,37)(H,35,39). The number of unbranched alkanes of at least 4 members (excludes halogenated alkanes) is 6. The third-order valence-corrected chi connectivity index (χ3v) is 6.85. The number of alkyl carbamates (subject to hydrolysis) is 1. The number of hydrogen-bond donors (Lipinski definition) is 2. The first-order valence-electron chi connectivity index (χ1n) is 15.5. The number of aryl methyl sites for hydroxylation is 2. The number of hydrogen-bond acceptors (Lipinski definition) is 4. The molecule has 0 aliphatic heterocycles. The molecule has 0 heterocycles. The Balaban J connectivity index is 3.51. The lowest BCUT2D eigenvalue weighted by molar-refractivity contribution is -0.143. The van der Waals surface area contributed by atoms with Gasteiger partial charge in [0.25, 0.3) is 0 Å². The molecule has 0 bridgehead atoms. The van der Waals surface area contributed by atoms with E-state index in [0.29, 0.717) is 19.5 Å². The lowest BCUT2D eigenvalue weighted by Crippen LogP contribution is -2.53. The predicted octanol–water partition coefficient (Wildman–Crippen LogP) is 7.39. The normalized spacial score (nSPS) is 13.1. The van der Waals surface area contributed by atoms with Gasteiger partial charge >= 0.3 is 6.09 Å². The van der Waals surface area contributed by atoms with Crippen LogP contribution in [0, 0.1) is 19.8 Å². The molecule has 2 N–H and O–H groups in total. The second-order valence-corrected chi connectivity index (χ2v) is 12.5. The third kappa shape index (κ3) is 13.2. The molecule has 1 rings (SSSR count). The average Bonchev–Trinajstić information content (AvgIpc) is 2.85. The summed E-state index contributed by atoms with van der Waals surface area (Å²) >= 11 is 0. The lowest BCUT2D eigenvalue weighted by Gasteiger charge is -2.35. The van der Waals surface area contributed by atoms with E-state index in [9.17, 15) is 14.4 Å². The number of amides is 3. The maximum Gasteiger partial charge on any atom is 0.408 e. The van der Waals surface area contributed by atoms with Crippen molar-refractivity contribution >= 4 is 17.9 Å². The molecule has 0 aliphatic carbocycles. The zero-order chi connectivity index (χ0) is 30.3. The Hall–Kier alpha value is -2.57. The quantitative estimate of drug-likeness (QED) is 0.195. The Morgan fingerprint density at radius 1 is 0.925 bits per heavy atom. The highest BCUT2D eigenvalue weighted by Gasteiger charge is 2.37. The Kier molecular flexibility index (Phi) is 15.9. The molecule has 0 saturated heterocycles. The fraction of sp³-hybridized carbons (Fsp3) is 0.727. The molecule has 228 valence electrons. The van der Waals surface area contributed by atoms with Crippen LogP contribution in [-0.4, -0.2) is 47.5 Å². The number of nitrogens with zero attached hydrogens (tertiary/aromatic N) is 1. The summed E-state index contributed by atoms with van der Waals surface area (Å²) in [5.74, 6) is -0.269. The van der Waals surface area contributed by atoms with E-state index in [4.69, 9.17) is 4.74 Å². The van der Waals surface area contributed by atoms with Crippen molar-refractivity contribution in [1.82, 2.24) is 15.5 Å². The number of rotatable bonds is 17. The van der Waals surface area contributed by atoms with Gasteiger partial charge in [0.2, 0.25) is 11.8 Å². The van der Waals surface area contributed by atoms with E-state index in [1.54, 1.807) is 25.7 Å². The van der Waals surface area contributed by atoms with Gasteiger partial charge in [-0.15, -0.1) is 0 Å². The molecular weight excluding hydrogens is 502 g/mol. The topological polar surface area (TPSA) is 87.7 Å². The summed E-state index contributed by atoms with van der Waals surface area (Å²) in [5.41, 5.74) is 2.14. The van der Waals surface area contributed by atoms with Crippen molar-refractivity contribution in [1.29, 1.82) is 0 Å². The van der Waals surface area contributed by atoms with Crippen LogP contribution in [0.3, 0.4) is 0 Å². The van der Waals surface area contributed by atoms with E-state index >= 15 is 0 Å². The van der Waals surface area contributed by atoms with Gasteiger partial charge in [0, 0.05) is 13.1 Å². The number of ether oxygens (including phenoxy) is 1. The maximum absolute atomic E-state index is 14.4. The molecular formula is C33H57N3O4. The highest BCUT2D eigenvalue weighted by molar-refractivity contribution is 5.92. The number of benzene rings is 1. The Morgan fingerprint density at radius 3 is 2.15 bits per heavy atom. The van der Waals surface area contributed by atoms with Crippen LogP contribution in [0.15, 0.2) is 18.2 Å². The first-order valence-corrected chi connectivity index (χ1v) is 15.5. The smallest absolute Gasteiger partial charge is 0.408 e. The van der Waals surface area contributed by atoms with Gasteiger partial charge in [-0.05, 0) is 70.9 Å². The van der Waals surface area contributed by atoms with E-state index in [-0.39, 0.29) is 17.7 Å². The van der Waals surface area contributed by atoms with E-state index in [2.05, 4.69) is 24.5 Å². The minimum atomic E-state index is -0.800. The Bertz CT molecular complexity index is 923. The van der Waals surface area contributed by atoms with Crippen LogP contribution in [0.25, 0.3) is 0 Å². The summed E-state index contributed by atoms with van der Waals surface area (Å²) in [5, 5.41) is 5.96. The SMILES string of the molecule is CCCCCCCN(C(=O)C(CC(C)C)NC(=O)OC(C)(C)C)C(C(=O)NCCCCC)c1cc(C)ccc1C. The first-order chi connectivity index (χ1) is 18.8. The largest absolute Gasteiger partial charge is 0.444 e. The van der Waals surface area contributed by atoms with Gasteiger partial charge in [0.05, 0.1) is 0 Å². The molecule has 1 aromatic rings. The summed E-state index contributed by atoms with van der Waals surface area (Å²) < 4.78 is 5.51. The molecule has 2 atom stereocenters. The lowest BCUT2D eigenvalue weighted by atomic mass is 9.94. The highest BCUT2D eigenvalue weighted by Crippen LogP contribution is 2.28. The van der Waals surface area contributed by atoms with Gasteiger partial charge in [-0.25, -0.2) is 4.79 Å². The van der Waals surface area contributed by atoms with Gasteiger partial charge in [-0.3, -0.25) is 9.59 Å². The third-order valence-electron chi connectivity index (χ3n) is 6.85. The molecule has 40 heavy (non-hydrogen) atoms. The molecule has 0 spiro atoms. The molecule has 0 aromatic heterocycles. The molecule has 0 fully saturated rings. The van der Waals surface area contributed by atoms with Crippen molar-refractivity contribution in [2.24, 2.45) is 5.92 Å². The Morgan fingerprint density at radius 2 is 1.55 bits per heavy atom. The molecule has 7 nitrogen and oxygen atoms in total. The van der Waals surface area contributed by atoms with Gasteiger partial charge in [0.15, 0.2) is 0 Å². The molecule has 0 saturated carbocycles. The van der Waals surface area contributed by atoms with Crippen LogP contribution in [0.2, 0.25) is 0 Å². The van der Waals surface area contributed by atoms with Crippen LogP contribution in [0.4, 0.5) is 4.79 Å². The van der Waals surface area contributed by atoms with E-state index in [1.807, 2.05) is 45.9 Å². The average molecular weight is 560 g/mol. The molecule has 0 radical (unpaired) electrons. The van der Waals surface area contributed by atoms with E-state index in [1.165, 1.54) is 0 Å². The zero-order valence-electron chi connectivity index (χ0n) is 26.8. The monoisotopic (exact) mass is 559 g/mol. The van der Waals surface area contributed by atoms with Crippen molar-refractivity contribution in [3.8, 4) is 0 Å². The van der Waals surface area contributed by atoms with Crippen LogP contribution >= 0.6 is 0 Å². The van der Waals surface area contributed by atoms with Crippen LogP contribution in [0.5, 0.6) is 0 Å². The number of carbonyl (C=O) groups excluding carboxylic acids is 3. The van der Waals surface area contributed by atoms with Gasteiger partial charge in [-0.1, -0.05) is 90.0 Å². The first kappa shape index (κ1) is 35.5. The maximum atomic E-state index is 14.4. The molecule has 3 amide bonds. The summed E-state index contributed by atoms with van der Waals surface area (Å²) in [6.45, 7) is 18.7. The van der Waals surface area contributed by atoms with Crippen LogP contribution in [-0.2, 0) is 14.3 Å². The minimum Gasteiger partial charge on any atom is -0.444 e. The Labute approximate surface area is 244 Å². The second-order valence-electron chi connectivity index (χ2n) is 12.5. The number of nitrogens with one attached hydrogen (secondary N) is 2. The molecule has 1 aromatic carbocycles. The fourth-order valence-corrected chi connectivity index (χ4v) is 4.78. The molecule has 2 unspecified atom stereocenters. The summed E-state index contributed by atoms with van der Waals surface area (Å²) in [6, 6.07) is 4.47. The second kappa shape index (κ2) is 18.0. The van der Waals surface area contributed by atoms with Crippen molar-refractivity contribution in [3.63, 3.8) is 0 Å². The molecule has 7 heteroatoms. The van der Waals surface area contributed by atoms with E-state index in [0.717, 1.165) is 68.1 Å². The fourth-order valence-electron chi connectivity index (χ4n) is 4.78. The summed E-state index contributed by atoms with van der Waals surface area (Å²) in [7, 11) is 0. The van der Waals surface area contributed by atoms with E-state index < -0.39 is 23.8 Å². The van der Waals surface area contributed by atoms with Crippen molar-refractivity contribution in [2.75, 3.05) is 13.1 Å². The van der Waals surface area contributed by atoms with Crippen LogP contribution in [0.1, 0.15) is 129 Å². The van der Waals surface area contributed by atoms with Gasteiger partial charge in [0.1, 0.15) is 17.7 Å². The zero-order valence-corrected chi connectivity index (χ0v) is 26.8. The van der Waals surface area contributed by atoms with Gasteiger partial charge in [-0.2, -0.15) is 0 Å². The number of carbonyl (C=O) groups is 3. The highest BCUT2D eigenvalue weighted by atomic mass is 16.6. The van der Waals surface area contributed by atoms with Crippen molar-refractivity contribution in [2.45, 2.75) is 138 Å². The minimum absolute atomic E-state index is 0.150. The summed E-state index contributed by atoms with van der Waals surface area (Å²) in [6.07, 6.45) is 7.93. The van der Waals surface area contributed by atoms with Crippen LogP contribution < -0.4 is 10.6 Å². The van der Waals surface area contributed by atoms with Gasteiger partial charge < -0.3 is 20.3 Å². The van der Waals surface area contributed by atoms with Crippen molar-refractivity contribution < 1.29 is 19.1 Å². The molecule has 0 aliphatic rings. The summed E-state index contributed by atoms with van der Waals surface area (Å²) in [4.78, 5) is 42.8. The predicted molar refractivity (Wildman–Crippen MR) is 164 cm³/mol. The van der Waals surface area contributed by atoms with Crippen molar-refractivity contribution in [3.05, 3.63) is 34.9 Å².